The predicted octanol–water partition coefficient (Wildman–Crippen LogP) is 25.7. The third-order valence-corrected chi connectivity index (χ3v) is 21.6. The van der Waals surface area contributed by atoms with E-state index in [4.69, 9.17) is 1.37 Å². The Morgan fingerprint density at radius 3 is 1.00 bits per heavy atom. The van der Waals surface area contributed by atoms with Gasteiger partial charge in [0.25, 0.3) is 6.71 Å². The summed E-state index contributed by atoms with van der Waals surface area (Å²) in [6.07, 6.45) is 0. The van der Waals surface area contributed by atoms with Crippen molar-refractivity contribution in [3.8, 4) is 83.6 Å². The number of fused-ring (bicyclic) bond motifs is 7. The highest BCUT2D eigenvalue weighted by molar-refractivity contribution is 7.00. The molecule has 0 spiro atoms. The zero-order chi connectivity index (χ0) is 75.9. The molecule has 14 aromatic carbocycles. The number of rotatable bonds is 10. The lowest BCUT2D eigenvalue weighted by molar-refractivity contribution is 0.590. The molecule has 2 aliphatic heterocycles. The number of nitrogens with zero attached hydrogens (tertiary/aromatic N) is 3. The molecule has 17 rings (SSSR count). The number of para-hydroxylation sites is 2. The maximum atomic E-state index is 10.2. The van der Waals surface area contributed by atoms with Crippen molar-refractivity contribution in [3.05, 3.63) is 338 Å². The summed E-state index contributed by atoms with van der Waals surface area (Å²) in [5.74, 6) is 0. The Bertz CT molecular complexity index is 5920. The topological polar surface area (TPSA) is 11.4 Å². The van der Waals surface area contributed by atoms with Gasteiger partial charge in [0.05, 0.1) is 29.3 Å². The summed E-state index contributed by atoms with van der Waals surface area (Å²) in [6.45, 7) is 27.2. The quantitative estimate of drug-likeness (QED) is 0.126. The molecule has 0 saturated carbocycles. The monoisotopic (exact) mass is 1350 g/mol. The molecule has 0 bridgehead atoms. The molecule has 0 aliphatic carbocycles. The molecule has 0 fully saturated rings. The summed E-state index contributed by atoms with van der Waals surface area (Å²) in [5, 5.41) is 2.40. The Kier molecular flexibility index (Phi) is 14.6. The molecular weight excluding hydrogens is 1250 g/mol. The maximum Gasteiger partial charge on any atom is 0.252 e. The van der Waals surface area contributed by atoms with Gasteiger partial charge in [-0.05, 0) is 189 Å². The number of hydrogen-bond donors (Lipinski definition) is 0. The first-order valence-electron chi connectivity index (χ1n) is 39.2. The fraction of sp³-hybridized carbons (Fsp3) is 0.160. The van der Waals surface area contributed by atoms with Crippen molar-refractivity contribution in [1.29, 1.82) is 0 Å². The predicted molar refractivity (Wildman–Crippen MR) is 448 cm³/mol. The lowest BCUT2D eigenvalue weighted by Crippen LogP contribution is -2.61. The second-order valence-corrected chi connectivity index (χ2v) is 32.5. The van der Waals surface area contributed by atoms with E-state index in [-0.39, 0.29) is 28.5 Å². The van der Waals surface area contributed by atoms with E-state index in [1.165, 1.54) is 16.3 Å². The van der Waals surface area contributed by atoms with Crippen LogP contribution in [0.15, 0.2) is 315 Å². The molecular formula is C100H88BN3. The van der Waals surface area contributed by atoms with Crippen molar-refractivity contribution >= 4 is 79.0 Å². The number of benzene rings is 14. The minimum atomic E-state index is -0.509. The molecule has 3 heterocycles. The van der Waals surface area contributed by atoms with Crippen LogP contribution in [0, 0.1) is 0 Å². The van der Waals surface area contributed by atoms with Gasteiger partial charge in [-0.1, -0.05) is 326 Å². The van der Waals surface area contributed by atoms with Crippen LogP contribution in [-0.2, 0) is 21.7 Å². The molecule has 1 aromatic heterocycles. The smallest absolute Gasteiger partial charge is 0.252 e. The summed E-state index contributed by atoms with van der Waals surface area (Å²) in [5.41, 5.74) is 28.4. The van der Waals surface area contributed by atoms with Crippen molar-refractivity contribution in [2.45, 2.75) is 105 Å². The van der Waals surface area contributed by atoms with Crippen molar-refractivity contribution in [3.63, 3.8) is 0 Å². The lowest BCUT2D eigenvalue weighted by Gasteiger charge is -2.47. The summed E-state index contributed by atoms with van der Waals surface area (Å²) in [4.78, 5) is 5.07. The Labute approximate surface area is 622 Å². The van der Waals surface area contributed by atoms with E-state index in [9.17, 15) is 5.48 Å². The SMILES string of the molecule is [2H]c1c([2H])c([2H])c(-c2cc3c4c(c2)N(c2c(-c5ccccc5)cc(C(C)(C)C)cc2-c2ccccc2)c2cc(C(C)(C)C)c(-c5cccc(-n6c7ccccc7c7ccccc76)c5)cc2B4c2cc(-c4ccccc4)c(C(C)(C)C)cc2N3c2c(-c3ccccc3)cc(C(C)(C)C)cc2-c2ccccc2)c([2H])c1[2H]. The average Bonchev–Trinajstić information content (AvgIpc) is 1.24. The van der Waals surface area contributed by atoms with Gasteiger partial charge in [-0.25, -0.2) is 0 Å². The van der Waals surface area contributed by atoms with Crippen LogP contribution >= 0.6 is 0 Å². The van der Waals surface area contributed by atoms with E-state index in [0.717, 1.165) is 151 Å². The highest BCUT2D eigenvalue weighted by Gasteiger charge is 2.47. The van der Waals surface area contributed by atoms with Crippen LogP contribution in [0.4, 0.5) is 34.1 Å². The van der Waals surface area contributed by atoms with Crippen molar-refractivity contribution in [2.24, 2.45) is 0 Å². The average molecular weight is 1350 g/mol. The zero-order valence-corrected chi connectivity index (χ0v) is 61.6. The van der Waals surface area contributed by atoms with Gasteiger partial charge >= 0.3 is 0 Å². The van der Waals surface area contributed by atoms with Gasteiger partial charge in [0.15, 0.2) is 0 Å². The van der Waals surface area contributed by atoms with Gasteiger partial charge in [-0.3, -0.25) is 0 Å². The number of anilines is 6. The van der Waals surface area contributed by atoms with Gasteiger partial charge in [0.2, 0.25) is 0 Å². The van der Waals surface area contributed by atoms with Crippen LogP contribution in [0.2, 0.25) is 0 Å². The molecule has 4 heteroatoms. The minimum absolute atomic E-state index is 0.117. The number of hydrogen-bond acceptors (Lipinski definition) is 2. The number of aromatic nitrogens is 1. The summed E-state index contributed by atoms with van der Waals surface area (Å²) in [7, 11) is 0. The normalized spacial score (nSPS) is 13.6. The highest BCUT2D eigenvalue weighted by Crippen LogP contribution is 2.57. The van der Waals surface area contributed by atoms with Crippen molar-refractivity contribution in [1.82, 2.24) is 4.57 Å². The molecule has 2 aliphatic rings. The molecule has 3 nitrogen and oxygen atoms in total. The first-order chi connectivity index (χ1) is 52.2. The fourth-order valence-electron chi connectivity index (χ4n) is 16.4. The van der Waals surface area contributed by atoms with Gasteiger partial charge in [-0.15, -0.1) is 0 Å². The lowest BCUT2D eigenvalue weighted by atomic mass is 9.33. The molecule has 0 amide bonds. The van der Waals surface area contributed by atoms with Crippen LogP contribution < -0.4 is 26.2 Å². The molecule has 0 radical (unpaired) electrons. The Hall–Kier alpha value is -11.5. The zero-order valence-electron chi connectivity index (χ0n) is 66.6. The Morgan fingerprint density at radius 2 is 0.625 bits per heavy atom. The van der Waals surface area contributed by atoms with E-state index >= 15 is 0 Å². The van der Waals surface area contributed by atoms with E-state index in [2.05, 4.69) is 383 Å². The maximum absolute atomic E-state index is 10.2. The first-order valence-corrected chi connectivity index (χ1v) is 36.7. The van der Waals surface area contributed by atoms with Gasteiger partial charge in [-0.2, -0.15) is 0 Å². The van der Waals surface area contributed by atoms with Crippen LogP contribution in [0.1, 0.15) is 112 Å². The standard InChI is InChI=1S/C100H88BN3/c1-97(2,3)73-57-80(67-40-23-15-24-41-67)95(81(58-73)68-42-25-16-26-43-68)103-90-63-84(99(7,8)9)78(66-38-21-14-22-39-66)61-86(90)101-87-62-79(71-48-35-49-75(54-71)102-88-52-33-31-50-76(88)77-51-32-34-53-89(77)102)85(100(10,11)12)64-91(87)104(93-56-72(55-92(103)94(93)101)65-36-19-13-20-37-65)96-82(69-44-27-17-28-45-69)59-74(98(4,5)6)60-83(96)70-46-29-18-30-47-70/h13-64H,1-12H3/i13D,19D,20D,36D,37D. The fourth-order valence-corrected chi connectivity index (χ4v) is 16.4. The van der Waals surface area contributed by atoms with E-state index < -0.39 is 35.7 Å². The van der Waals surface area contributed by atoms with E-state index in [0.29, 0.717) is 5.56 Å². The summed E-state index contributed by atoms with van der Waals surface area (Å²) >= 11 is 0. The van der Waals surface area contributed by atoms with E-state index in [1.807, 2.05) is 0 Å². The first kappa shape index (κ1) is 60.2. The van der Waals surface area contributed by atoms with E-state index in [1.54, 1.807) is 0 Å². The largest absolute Gasteiger partial charge is 0.310 e. The van der Waals surface area contributed by atoms with Crippen LogP contribution in [0.5, 0.6) is 0 Å². The molecule has 15 aromatic rings. The van der Waals surface area contributed by atoms with Crippen LogP contribution in [0.3, 0.4) is 0 Å². The molecule has 506 valence electrons. The Morgan fingerprint density at radius 1 is 0.279 bits per heavy atom. The van der Waals surface area contributed by atoms with Crippen molar-refractivity contribution < 1.29 is 6.85 Å². The minimum Gasteiger partial charge on any atom is -0.310 e. The second kappa shape index (κ2) is 25.2. The highest BCUT2D eigenvalue weighted by atomic mass is 15.2. The van der Waals surface area contributed by atoms with Crippen molar-refractivity contribution in [2.75, 3.05) is 9.80 Å². The van der Waals surface area contributed by atoms with Gasteiger partial charge < -0.3 is 14.4 Å². The van der Waals surface area contributed by atoms with Crippen LogP contribution in [-0.4, -0.2) is 11.3 Å². The molecule has 0 atom stereocenters. The third-order valence-electron chi connectivity index (χ3n) is 21.6. The van der Waals surface area contributed by atoms with Gasteiger partial charge in [0, 0.05) is 61.5 Å². The molecule has 0 saturated heterocycles. The Balaban J connectivity index is 1.12. The summed E-state index contributed by atoms with van der Waals surface area (Å²) in [6, 6.07) is 103. The molecule has 0 unspecified atom stereocenters. The van der Waals surface area contributed by atoms with Gasteiger partial charge in [0.1, 0.15) is 0 Å². The molecule has 0 N–H and O–H groups in total. The second-order valence-electron chi connectivity index (χ2n) is 32.5. The molecule has 104 heavy (non-hydrogen) atoms. The summed E-state index contributed by atoms with van der Waals surface area (Å²) < 4.78 is 50.9. The third kappa shape index (κ3) is 11.4. The van der Waals surface area contributed by atoms with Crippen LogP contribution in [0.25, 0.3) is 105 Å².